The van der Waals surface area contributed by atoms with E-state index in [4.69, 9.17) is 0 Å². The van der Waals surface area contributed by atoms with Crippen molar-refractivity contribution in [2.24, 2.45) is 4.99 Å². The van der Waals surface area contributed by atoms with E-state index in [1.807, 2.05) is 24.3 Å². The van der Waals surface area contributed by atoms with Crippen molar-refractivity contribution in [1.82, 2.24) is 9.72 Å². The molecule has 5 nitrogen and oxygen atoms in total. The number of amidine groups is 1. The fourth-order valence-corrected chi connectivity index (χ4v) is 4.01. The van der Waals surface area contributed by atoms with Crippen LogP contribution in [0, 0.1) is 0 Å². The molecule has 3 aromatic rings. The standard InChI is InChI=1S/C22H19N3O2S/c1-3-15-9-10-17-11-18(16-7-5-4-6-8-16)19(25(17)13-15)12-20-21(27)24-22(28-20)23-14(2)26/h4-13H,3H2,1-2H3,(H,23,24,26,27)/b20-12+. The molecule has 0 saturated heterocycles. The van der Waals surface area contributed by atoms with Crippen molar-refractivity contribution in [3.63, 3.8) is 0 Å². The Balaban J connectivity index is 1.85. The molecule has 0 unspecified atom stereocenters. The summed E-state index contributed by atoms with van der Waals surface area (Å²) in [6.07, 6.45) is 4.89. The van der Waals surface area contributed by atoms with E-state index in [-0.39, 0.29) is 11.8 Å². The topological polar surface area (TPSA) is 62.9 Å². The molecule has 140 valence electrons. The number of carbonyl (C=O) groups is 2. The molecule has 0 aliphatic carbocycles. The first kappa shape index (κ1) is 18.3. The molecule has 2 amide bonds. The largest absolute Gasteiger partial charge is 0.316 e. The lowest BCUT2D eigenvalue weighted by molar-refractivity contribution is -0.117. The molecule has 0 fully saturated rings. The van der Waals surface area contributed by atoms with E-state index in [1.54, 1.807) is 0 Å². The predicted octanol–water partition coefficient (Wildman–Crippen LogP) is 4.28. The van der Waals surface area contributed by atoms with Crippen LogP contribution in [-0.4, -0.2) is 21.4 Å². The number of aliphatic imine (C=N–C) groups is 1. The number of aromatic nitrogens is 1. The van der Waals surface area contributed by atoms with Crippen molar-refractivity contribution in [3.05, 3.63) is 70.9 Å². The third-order valence-electron chi connectivity index (χ3n) is 4.53. The minimum absolute atomic E-state index is 0.244. The summed E-state index contributed by atoms with van der Waals surface area (Å²) >= 11 is 1.18. The summed E-state index contributed by atoms with van der Waals surface area (Å²) in [4.78, 5) is 28.1. The molecular weight excluding hydrogens is 370 g/mol. The third kappa shape index (κ3) is 3.51. The summed E-state index contributed by atoms with van der Waals surface area (Å²) in [5, 5.41) is 2.91. The number of aryl methyl sites for hydroxylation is 1. The number of hydrogen-bond acceptors (Lipinski definition) is 3. The van der Waals surface area contributed by atoms with Gasteiger partial charge in [0.15, 0.2) is 5.17 Å². The first-order valence-electron chi connectivity index (χ1n) is 9.04. The average Bonchev–Trinajstić information content (AvgIpc) is 3.22. The van der Waals surface area contributed by atoms with Gasteiger partial charge in [0.25, 0.3) is 5.91 Å². The number of benzene rings is 1. The Morgan fingerprint density at radius 3 is 2.71 bits per heavy atom. The number of carbonyl (C=O) groups excluding carboxylic acids is 2. The number of rotatable bonds is 3. The highest BCUT2D eigenvalue weighted by Crippen LogP contribution is 2.34. The van der Waals surface area contributed by atoms with E-state index >= 15 is 0 Å². The molecular formula is C22H19N3O2S. The van der Waals surface area contributed by atoms with Crippen LogP contribution in [0.4, 0.5) is 0 Å². The van der Waals surface area contributed by atoms with Gasteiger partial charge >= 0.3 is 0 Å². The van der Waals surface area contributed by atoms with E-state index in [2.05, 4.69) is 58.2 Å². The van der Waals surface area contributed by atoms with Gasteiger partial charge in [-0.1, -0.05) is 43.3 Å². The van der Waals surface area contributed by atoms with Crippen LogP contribution in [0.2, 0.25) is 0 Å². The van der Waals surface area contributed by atoms with Crippen molar-refractivity contribution < 1.29 is 9.59 Å². The quantitative estimate of drug-likeness (QED) is 0.680. The van der Waals surface area contributed by atoms with Crippen molar-refractivity contribution in [3.8, 4) is 11.1 Å². The maximum Gasteiger partial charge on any atom is 0.286 e. The van der Waals surface area contributed by atoms with Crippen LogP contribution in [0.3, 0.4) is 0 Å². The van der Waals surface area contributed by atoms with Gasteiger partial charge in [-0.05, 0) is 47.5 Å². The lowest BCUT2D eigenvalue weighted by atomic mass is 10.1. The predicted molar refractivity (Wildman–Crippen MR) is 114 cm³/mol. The fraction of sp³-hybridized carbons (Fsp3) is 0.136. The zero-order chi connectivity index (χ0) is 19.7. The maximum absolute atomic E-state index is 12.4. The second kappa shape index (κ2) is 7.48. The van der Waals surface area contributed by atoms with Gasteiger partial charge in [-0.3, -0.25) is 9.59 Å². The van der Waals surface area contributed by atoms with Gasteiger partial charge in [0.2, 0.25) is 5.91 Å². The summed E-state index contributed by atoms with van der Waals surface area (Å²) in [7, 11) is 0. The molecule has 1 aromatic carbocycles. The Morgan fingerprint density at radius 1 is 1.21 bits per heavy atom. The molecule has 28 heavy (non-hydrogen) atoms. The Labute approximate surface area is 167 Å². The Hall–Kier alpha value is -3.12. The lowest BCUT2D eigenvalue weighted by Gasteiger charge is -2.06. The summed E-state index contributed by atoms with van der Waals surface area (Å²) in [6.45, 7) is 3.51. The van der Waals surface area contributed by atoms with Crippen LogP contribution in [0.15, 0.2) is 64.6 Å². The summed E-state index contributed by atoms with van der Waals surface area (Å²) in [6, 6.07) is 16.4. The second-order valence-corrected chi connectivity index (χ2v) is 7.54. The van der Waals surface area contributed by atoms with Crippen LogP contribution < -0.4 is 5.32 Å². The fourth-order valence-electron chi connectivity index (χ4n) is 3.18. The molecule has 2 aromatic heterocycles. The molecule has 0 atom stereocenters. The molecule has 3 heterocycles. The zero-order valence-electron chi connectivity index (χ0n) is 15.6. The van der Waals surface area contributed by atoms with Crippen molar-refractivity contribution in [2.75, 3.05) is 0 Å². The number of pyridine rings is 1. The molecule has 1 aliphatic heterocycles. The number of nitrogens with zero attached hydrogens (tertiary/aromatic N) is 2. The van der Waals surface area contributed by atoms with E-state index in [0.717, 1.165) is 28.8 Å². The van der Waals surface area contributed by atoms with Gasteiger partial charge in [0.05, 0.1) is 10.6 Å². The first-order valence-corrected chi connectivity index (χ1v) is 9.86. The number of amides is 2. The minimum atomic E-state index is -0.339. The molecule has 1 N–H and O–H groups in total. The highest BCUT2D eigenvalue weighted by atomic mass is 32.2. The summed E-state index contributed by atoms with van der Waals surface area (Å²) in [5.41, 5.74) is 5.31. The molecule has 0 bridgehead atoms. The maximum atomic E-state index is 12.4. The monoisotopic (exact) mass is 389 g/mol. The van der Waals surface area contributed by atoms with E-state index in [0.29, 0.717) is 10.1 Å². The second-order valence-electron chi connectivity index (χ2n) is 6.51. The van der Waals surface area contributed by atoms with Crippen LogP contribution in [-0.2, 0) is 16.0 Å². The highest BCUT2D eigenvalue weighted by Gasteiger charge is 2.24. The first-order chi connectivity index (χ1) is 13.5. The van der Waals surface area contributed by atoms with Crippen LogP contribution in [0.1, 0.15) is 25.1 Å². The van der Waals surface area contributed by atoms with E-state index < -0.39 is 0 Å². The zero-order valence-corrected chi connectivity index (χ0v) is 16.4. The normalized spacial score (nSPS) is 15.3. The number of hydrogen-bond donors (Lipinski definition) is 1. The Kier molecular flexibility index (Phi) is 4.88. The third-order valence-corrected chi connectivity index (χ3v) is 5.43. The Bertz CT molecular complexity index is 1140. The minimum Gasteiger partial charge on any atom is -0.316 e. The Morgan fingerprint density at radius 2 is 2.00 bits per heavy atom. The van der Waals surface area contributed by atoms with E-state index in [9.17, 15) is 9.59 Å². The SMILES string of the molecule is CCc1ccc2cc(-c3ccccc3)c(/C=C3/SC(NC(C)=O)=NC3=O)n2c1. The highest BCUT2D eigenvalue weighted by molar-refractivity contribution is 8.18. The molecule has 0 radical (unpaired) electrons. The van der Waals surface area contributed by atoms with Gasteiger partial charge in [-0.15, -0.1) is 0 Å². The van der Waals surface area contributed by atoms with Crippen LogP contribution in [0.5, 0.6) is 0 Å². The smallest absolute Gasteiger partial charge is 0.286 e. The molecule has 1 aliphatic rings. The summed E-state index contributed by atoms with van der Waals surface area (Å²) in [5.74, 6) is -0.583. The van der Waals surface area contributed by atoms with Gasteiger partial charge in [0, 0.05) is 24.2 Å². The lowest BCUT2D eigenvalue weighted by Crippen LogP contribution is -2.23. The molecule has 0 saturated carbocycles. The average molecular weight is 389 g/mol. The molecule has 6 heteroatoms. The van der Waals surface area contributed by atoms with Crippen molar-refractivity contribution >= 4 is 40.3 Å². The van der Waals surface area contributed by atoms with Gasteiger partial charge in [-0.2, -0.15) is 4.99 Å². The van der Waals surface area contributed by atoms with Crippen molar-refractivity contribution in [1.29, 1.82) is 0 Å². The number of fused-ring (bicyclic) bond motifs is 1. The molecule has 0 spiro atoms. The van der Waals surface area contributed by atoms with E-state index in [1.165, 1.54) is 24.2 Å². The molecule has 4 rings (SSSR count). The van der Waals surface area contributed by atoms with Crippen molar-refractivity contribution in [2.45, 2.75) is 20.3 Å². The van der Waals surface area contributed by atoms with Gasteiger partial charge in [0.1, 0.15) is 0 Å². The van der Waals surface area contributed by atoms with Crippen LogP contribution in [0.25, 0.3) is 22.7 Å². The number of nitrogens with one attached hydrogen (secondary N) is 1. The van der Waals surface area contributed by atoms with Gasteiger partial charge in [-0.25, -0.2) is 0 Å². The van der Waals surface area contributed by atoms with Crippen LogP contribution >= 0.6 is 11.8 Å². The summed E-state index contributed by atoms with van der Waals surface area (Å²) < 4.78 is 2.11. The number of thioether (sulfide) groups is 1. The van der Waals surface area contributed by atoms with Gasteiger partial charge < -0.3 is 9.72 Å².